The molecule has 0 fully saturated rings. The Kier molecular flexibility index (Phi) is 4.76. The summed E-state index contributed by atoms with van der Waals surface area (Å²) >= 11 is 0. The van der Waals surface area contributed by atoms with Crippen molar-refractivity contribution in [3.63, 3.8) is 0 Å². The smallest absolute Gasteiger partial charge is 0.198 e. The van der Waals surface area contributed by atoms with Crippen molar-refractivity contribution >= 4 is 5.96 Å². The molecule has 5 heteroatoms. The number of hydrogen-bond donors (Lipinski definition) is 2. The molecule has 0 aliphatic carbocycles. The highest BCUT2D eigenvalue weighted by atomic mass is 16.7. The minimum Gasteiger partial charge on any atom is -0.354 e. The van der Waals surface area contributed by atoms with Crippen LogP contribution in [-0.4, -0.2) is 38.6 Å². The normalized spacial score (nSPS) is 20.6. The summed E-state index contributed by atoms with van der Waals surface area (Å²) in [6.45, 7) is 6.15. The Morgan fingerprint density at radius 1 is 1.38 bits per heavy atom. The molecule has 0 radical (unpaired) electrons. The lowest BCUT2D eigenvalue weighted by Crippen LogP contribution is -2.46. The number of methoxy groups -OCH3 is 2. The summed E-state index contributed by atoms with van der Waals surface area (Å²) < 4.78 is 10.4. The van der Waals surface area contributed by atoms with Gasteiger partial charge in [-0.15, -0.1) is 0 Å². The van der Waals surface area contributed by atoms with E-state index in [9.17, 15) is 0 Å². The summed E-state index contributed by atoms with van der Waals surface area (Å²) in [5.74, 6) is 0.763. The third-order valence-corrected chi connectivity index (χ3v) is 2.12. The molecule has 1 unspecified atom stereocenters. The Balaban J connectivity index is 2.69. The molecule has 1 aliphatic heterocycles. The van der Waals surface area contributed by atoms with Crippen LogP contribution in [-0.2, 0) is 9.47 Å². The van der Waals surface area contributed by atoms with E-state index in [0.717, 1.165) is 11.7 Å². The van der Waals surface area contributed by atoms with E-state index in [4.69, 9.17) is 9.47 Å². The lowest BCUT2D eigenvalue weighted by atomic mass is 10.2. The molecule has 0 aromatic carbocycles. The van der Waals surface area contributed by atoms with Crippen molar-refractivity contribution < 1.29 is 9.47 Å². The largest absolute Gasteiger partial charge is 0.354 e. The number of nitrogens with one attached hydrogen (secondary N) is 2. The van der Waals surface area contributed by atoms with E-state index in [-0.39, 0.29) is 12.3 Å². The highest BCUT2D eigenvalue weighted by Crippen LogP contribution is 2.10. The van der Waals surface area contributed by atoms with Crippen molar-refractivity contribution in [1.82, 2.24) is 10.6 Å². The lowest BCUT2D eigenvalue weighted by molar-refractivity contribution is -0.0777. The Bertz CT molecular complexity index is 283. The van der Waals surface area contributed by atoms with Crippen LogP contribution in [0.4, 0.5) is 0 Å². The maximum Gasteiger partial charge on any atom is 0.198 e. The molecule has 16 heavy (non-hydrogen) atoms. The third-order valence-electron chi connectivity index (χ3n) is 2.12. The Hall–Kier alpha value is -1.07. The maximum atomic E-state index is 5.20. The van der Waals surface area contributed by atoms with Gasteiger partial charge in [0.25, 0.3) is 0 Å². The van der Waals surface area contributed by atoms with E-state index in [2.05, 4.69) is 29.5 Å². The zero-order valence-corrected chi connectivity index (χ0v) is 10.6. The molecule has 0 saturated carbocycles. The molecule has 0 aromatic rings. The number of aliphatic imine (C=N–C) groups is 1. The summed E-state index contributed by atoms with van der Waals surface area (Å²) in [7, 11) is 3.23. The summed E-state index contributed by atoms with van der Waals surface area (Å²) in [5, 5.41) is 6.40. The summed E-state index contributed by atoms with van der Waals surface area (Å²) in [6, 6.07) is 0.451. The van der Waals surface area contributed by atoms with Crippen LogP contribution in [0.15, 0.2) is 16.8 Å². The van der Waals surface area contributed by atoms with Crippen LogP contribution < -0.4 is 10.6 Å². The molecule has 1 heterocycles. The van der Waals surface area contributed by atoms with Crippen LogP contribution in [0.5, 0.6) is 0 Å². The molecule has 0 saturated heterocycles. The first kappa shape index (κ1) is 13.0. The molecule has 0 amide bonds. The highest BCUT2D eigenvalue weighted by molar-refractivity contribution is 5.83. The molecule has 1 atom stereocenters. The molecule has 0 bridgehead atoms. The molecule has 5 nitrogen and oxygen atoms in total. The fourth-order valence-electron chi connectivity index (χ4n) is 1.55. The maximum absolute atomic E-state index is 5.20. The van der Waals surface area contributed by atoms with Crippen molar-refractivity contribution in [2.45, 2.75) is 39.1 Å². The van der Waals surface area contributed by atoms with Crippen LogP contribution in [0, 0.1) is 0 Å². The molecular formula is C11H21N3O2. The number of hydrogen-bond acceptors (Lipinski definition) is 5. The van der Waals surface area contributed by atoms with E-state index in [0.29, 0.717) is 6.04 Å². The zero-order chi connectivity index (χ0) is 12.1. The second-order valence-electron chi connectivity index (χ2n) is 4.07. The predicted molar refractivity (Wildman–Crippen MR) is 64.2 cm³/mol. The molecule has 92 valence electrons. The second kappa shape index (κ2) is 5.86. The van der Waals surface area contributed by atoms with Gasteiger partial charge in [-0.25, -0.2) is 4.99 Å². The summed E-state index contributed by atoms with van der Waals surface area (Å²) in [6.07, 6.45) is 1.62. The topological polar surface area (TPSA) is 54.9 Å². The van der Waals surface area contributed by atoms with Crippen LogP contribution >= 0.6 is 0 Å². The van der Waals surface area contributed by atoms with Crippen LogP contribution in [0.3, 0.4) is 0 Å². The number of nitrogens with zero attached hydrogens (tertiary/aromatic N) is 1. The van der Waals surface area contributed by atoms with Crippen molar-refractivity contribution in [1.29, 1.82) is 0 Å². The van der Waals surface area contributed by atoms with E-state index >= 15 is 0 Å². The van der Waals surface area contributed by atoms with E-state index < -0.39 is 0 Å². The average Bonchev–Trinajstić information content (AvgIpc) is 2.17. The Labute approximate surface area is 96.9 Å². The second-order valence-corrected chi connectivity index (χ2v) is 4.07. The molecule has 2 N–H and O–H groups in total. The lowest BCUT2D eigenvalue weighted by Gasteiger charge is -2.26. The quantitative estimate of drug-likeness (QED) is 0.699. The SMILES string of the molecule is COC(OC)C1=CC(C)N=C(NC(C)C)N1. The minimum atomic E-state index is -0.373. The van der Waals surface area contributed by atoms with Gasteiger partial charge in [-0.1, -0.05) is 0 Å². The summed E-state index contributed by atoms with van der Waals surface area (Å²) in [5.41, 5.74) is 0.885. The van der Waals surface area contributed by atoms with Gasteiger partial charge in [0, 0.05) is 20.3 Å². The molecule has 1 aliphatic rings. The van der Waals surface area contributed by atoms with Gasteiger partial charge in [-0.3, -0.25) is 0 Å². The zero-order valence-electron chi connectivity index (χ0n) is 10.6. The van der Waals surface area contributed by atoms with Gasteiger partial charge in [0.2, 0.25) is 0 Å². The van der Waals surface area contributed by atoms with Crippen molar-refractivity contribution in [2.24, 2.45) is 4.99 Å². The molecule has 0 spiro atoms. The minimum absolute atomic E-state index is 0.116. The first-order valence-corrected chi connectivity index (χ1v) is 5.45. The predicted octanol–water partition coefficient (Wildman–Crippen LogP) is 0.835. The van der Waals surface area contributed by atoms with Crippen LogP contribution in [0.25, 0.3) is 0 Å². The van der Waals surface area contributed by atoms with Crippen LogP contribution in [0.2, 0.25) is 0 Å². The van der Waals surface area contributed by atoms with Crippen molar-refractivity contribution in [3.8, 4) is 0 Å². The van der Waals surface area contributed by atoms with E-state index in [1.807, 2.05) is 13.0 Å². The van der Waals surface area contributed by atoms with Gasteiger partial charge >= 0.3 is 0 Å². The average molecular weight is 227 g/mol. The highest BCUT2D eigenvalue weighted by Gasteiger charge is 2.19. The molecular weight excluding hydrogens is 206 g/mol. The first-order valence-electron chi connectivity index (χ1n) is 5.45. The van der Waals surface area contributed by atoms with Gasteiger partial charge in [0.1, 0.15) is 0 Å². The fraction of sp³-hybridized carbons (Fsp3) is 0.727. The van der Waals surface area contributed by atoms with Gasteiger partial charge in [0.15, 0.2) is 12.2 Å². The van der Waals surface area contributed by atoms with Gasteiger partial charge in [-0.2, -0.15) is 0 Å². The molecule has 1 rings (SSSR count). The van der Waals surface area contributed by atoms with E-state index in [1.54, 1.807) is 14.2 Å². The Morgan fingerprint density at radius 3 is 2.50 bits per heavy atom. The van der Waals surface area contributed by atoms with E-state index in [1.165, 1.54) is 0 Å². The van der Waals surface area contributed by atoms with Crippen molar-refractivity contribution in [2.75, 3.05) is 14.2 Å². The number of ether oxygens (including phenoxy) is 2. The third kappa shape index (κ3) is 3.50. The number of guanidine groups is 1. The van der Waals surface area contributed by atoms with Crippen molar-refractivity contribution in [3.05, 3.63) is 11.8 Å². The fourth-order valence-corrected chi connectivity index (χ4v) is 1.55. The standard InChI is InChI=1S/C11H21N3O2/c1-7(2)12-11-13-8(3)6-9(14-11)10(15-4)16-5/h6-8,10H,1-5H3,(H2,12,13,14). The van der Waals surface area contributed by atoms with Gasteiger partial charge in [-0.05, 0) is 26.8 Å². The van der Waals surface area contributed by atoms with Gasteiger partial charge in [0.05, 0.1) is 11.7 Å². The summed E-state index contributed by atoms with van der Waals surface area (Å²) in [4.78, 5) is 4.43. The molecule has 0 aromatic heterocycles. The van der Waals surface area contributed by atoms with Gasteiger partial charge < -0.3 is 20.1 Å². The monoisotopic (exact) mass is 227 g/mol. The number of rotatable bonds is 4. The Morgan fingerprint density at radius 2 is 2.00 bits per heavy atom. The van der Waals surface area contributed by atoms with Crippen LogP contribution in [0.1, 0.15) is 20.8 Å². The first-order chi connectivity index (χ1) is 7.56.